The van der Waals surface area contributed by atoms with Crippen molar-refractivity contribution in [1.29, 1.82) is 0 Å². The molecule has 2 aromatic rings. The minimum absolute atomic E-state index is 0.0534. The number of rotatable bonds is 1. The summed E-state index contributed by atoms with van der Waals surface area (Å²) < 4.78 is 2.06. The van der Waals surface area contributed by atoms with Crippen molar-refractivity contribution in [3.63, 3.8) is 0 Å². The van der Waals surface area contributed by atoms with Gasteiger partial charge in [0.2, 0.25) is 0 Å². The van der Waals surface area contributed by atoms with Gasteiger partial charge in [-0.25, -0.2) is 4.99 Å². The summed E-state index contributed by atoms with van der Waals surface area (Å²) in [5, 5.41) is 1.87. The summed E-state index contributed by atoms with van der Waals surface area (Å²) in [6, 6.07) is 8.14. The first-order chi connectivity index (χ1) is 9.61. The summed E-state index contributed by atoms with van der Waals surface area (Å²) >= 11 is 1.48. The van der Waals surface area contributed by atoms with Crippen LogP contribution in [0.1, 0.15) is 5.56 Å². The fourth-order valence-corrected chi connectivity index (χ4v) is 2.94. The Balaban J connectivity index is 2.12. The zero-order valence-corrected chi connectivity index (χ0v) is 12.4. The highest BCUT2D eigenvalue weighted by atomic mass is 32.2. The van der Waals surface area contributed by atoms with Crippen LogP contribution in [-0.2, 0) is 11.8 Å². The van der Waals surface area contributed by atoms with Gasteiger partial charge in [0.15, 0.2) is 5.17 Å². The van der Waals surface area contributed by atoms with E-state index in [1.54, 1.807) is 11.9 Å². The van der Waals surface area contributed by atoms with Gasteiger partial charge in [0, 0.05) is 36.8 Å². The normalized spacial score (nSPS) is 17.4. The van der Waals surface area contributed by atoms with Crippen molar-refractivity contribution >= 4 is 39.8 Å². The zero-order chi connectivity index (χ0) is 14.3. The smallest absolute Gasteiger partial charge is 0.278 e. The molecule has 4 nitrogen and oxygen atoms in total. The Morgan fingerprint density at radius 2 is 2.00 bits per heavy atom. The number of carbonyl (C=O) groups excluding carboxylic acids is 1. The van der Waals surface area contributed by atoms with Gasteiger partial charge >= 0.3 is 0 Å². The van der Waals surface area contributed by atoms with Crippen LogP contribution >= 0.6 is 11.8 Å². The number of amides is 1. The number of likely N-dealkylation sites (N-methyl/N-ethyl adjacent to an activating group) is 1. The van der Waals surface area contributed by atoms with E-state index < -0.39 is 0 Å². The molecule has 1 aliphatic rings. The second-order valence-electron chi connectivity index (χ2n) is 4.70. The monoisotopic (exact) mass is 285 g/mol. The van der Waals surface area contributed by atoms with Crippen LogP contribution in [-0.4, -0.2) is 33.8 Å². The summed E-state index contributed by atoms with van der Waals surface area (Å²) in [4.78, 5) is 18.1. The molecule has 0 spiro atoms. The molecule has 0 unspecified atom stereocenters. The van der Waals surface area contributed by atoms with Crippen LogP contribution in [0.5, 0.6) is 0 Å². The average molecular weight is 285 g/mol. The third kappa shape index (κ3) is 1.94. The fraction of sp³-hybridized carbons (Fsp3) is 0.200. The summed E-state index contributed by atoms with van der Waals surface area (Å²) in [6.07, 6.45) is 5.81. The SMILES string of the molecule is CSC1=N/C(=C/c2cn(C)c3ccccc23)C(=O)N1C. The van der Waals surface area contributed by atoms with Crippen LogP contribution in [0.2, 0.25) is 0 Å². The highest BCUT2D eigenvalue weighted by Crippen LogP contribution is 2.26. The molecule has 0 fully saturated rings. The number of aromatic nitrogens is 1. The molecule has 0 saturated heterocycles. The number of fused-ring (bicyclic) bond motifs is 1. The molecule has 0 bridgehead atoms. The van der Waals surface area contributed by atoms with E-state index in [1.165, 1.54) is 11.8 Å². The molecule has 3 rings (SSSR count). The van der Waals surface area contributed by atoms with Crippen molar-refractivity contribution in [2.24, 2.45) is 12.0 Å². The van der Waals surface area contributed by atoms with E-state index in [9.17, 15) is 4.79 Å². The van der Waals surface area contributed by atoms with E-state index in [0.29, 0.717) is 5.70 Å². The molecule has 0 N–H and O–H groups in total. The summed E-state index contributed by atoms with van der Waals surface area (Å²) in [7, 11) is 3.76. The Morgan fingerprint density at radius 1 is 1.25 bits per heavy atom. The van der Waals surface area contributed by atoms with E-state index in [-0.39, 0.29) is 5.91 Å². The lowest BCUT2D eigenvalue weighted by Crippen LogP contribution is -2.25. The van der Waals surface area contributed by atoms with E-state index in [1.807, 2.05) is 37.7 Å². The first-order valence-electron chi connectivity index (χ1n) is 6.28. The van der Waals surface area contributed by atoms with Gasteiger partial charge in [0.25, 0.3) is 5.91 Å². The second-order valence-corrected chi connectivity index (χ2v) is 5.48. The molecule has 1 aromatic heterocycles. The van der Waals surface area contributed by atoms with Gasteiger partial charge in [-0.2, -0.15) is 0 Å². The highest BCUT2D eigenvalue weighted by Gasteiger charge is 2.26. The highest BCUT2D eigenvalue weighted by molar-refractivity contribution is 8.13. The predicted octanol–water partition coefficient (Wildman–Crippen LogP) is 2.71. The summed E-state index contributed by atoms with van der Waals surface area (Å²) in [5.41, 5.74) is 2.66. The van der Waals surface area contributed by atoms with Crippen molar-refractivity contribution in [3.8, 4) is 0 Å². The maximum absolute atomic E-state index is 12.1. The van der Waals surface area contributed by atoms with Gasteiger partial charge < -0.3 is 4.57 Å². The van der Waals surface area contributed by atoms with Crippen LogP contribution in [0.4, 0.5) is 0 Å². The van der Waals surface area contributed by atoms with Crippen LogP contribution < -0.4 is 0 Å². The van der Waals surface area contributed by atoms with Gasteiger partial charge in [-0.1, -0.05) is 30.0 Å². The zero-order valence-electron chi connectivity index (χ0n) is 11.6. The Hall–Kier alpha value is -2.01. The number of benzene rings is 1. The number of para-hydroxylation sites is 1. The second kappa shape index (κ2) is 4.83. The Kier molecular flexibility index (Phi) is 3.14. The van der Waals surface area contributed by atoms with Crippen LogP contribution in [0, 0.1) is 0 Å². The molecule has 0 atom stereocenters. The van der Waals surface area contributed by atoms with Crippen molar-refractivity contribution in [1.82, 2.24) is 9.47 Å². The molecule has 102 valence electrons. The third-order valence-electron chi connectivity index (χ3n) is 3.43. The number of hydrogen-bond acceptors (Lipinski definition) is 3. The molecule has 5 heteroatoms. The number of hydrogen-bond donors (Lipinski definition) is 0. The molecule has 1 aromatic carbocycles. The van der Waals surface area contributed by atoms with Crippen molar-refractivity contribution < 1.29 is 4.79 Å². The van der Waals surface area contributed by atoms with E-state index in [0.717, 1.165) is 21.6 Å². The van der Waals surface area contributed by atoms with Gasteiger partial charge in [0.05, 0.1) is 0 Å². The standard InChI is InChI=1S/C15H15N3OS/c1-17-9-10(11-6-4-5-7-13(11)17)8-12-14(19)18(2)15(16-12)20-3/h4-9H,1-3H3/b12-8+. The number of carbonyl (C=O) groups is 1. The quantitative estimate of drug-likeness (QED) is 0.756. The van der Waals surface area contributed by atoms with E-state index in [4.69, 9.17) is 0 Å². The molecule has 1 aliphatic heterocycles. The van der Waals surface area contributed by atoms with Crippen LogP contribution in [0.3, 0.4) is 0 Å². The first kappa shape index (κ1) is 13.0. The Labute approximate surface area is 121 Å². The van der Waals surface area contributed by atoms with Gasteiger partial charge in [-0.05, 0) is 18.4 Å². The van der Waals surface area contributed by atoms with Gasteiger partial charge in [-0.15, -0.1) is 0 Å². The molecule has 2 heterocycles. The Bertz CT molecular complexity index is 758. The molecule has 20 heavy (non-hydrogen) atoms. The van der Waals surface area contributed by atoms with Gasteiger partial charge in [0.1, 0.15) is 5.70 Å². The van der Waals surface area contributed by atoms with Crippen molar-refractivity contribution in [2.45, 2.75) is 0 Å². The van der Waals surface area contributed by atoms with Crippen LogP contribution in [0.15, 0.2) is 41.2 Å². The molecule has 0 radical (unpaired) electrons. The lowest BCUT2D eigenvalue weighted by Gasteiger charge is -2.07. The molecular weight excluding hydrogens is 270 g/mol. The molecule has 0 saturated carbocycles. The minimum Gasteiger partial charge on any atom is -0.350 e. The molecule has 0 aliphatic carbocycles. The van der Waals surface area contributed by atoms with Gasteiger partial charge in [-0.3, -0.25) is 9.69 Å². The summed E-state index contributed by atoms with van der Waals surface area (Å²) in [6.45, 7) is 0. The first-order valence-corrected chi connectivity index (χ1v) is 7.51. The number of aryl methyl sites for hydroxylation is 1. The number of nitrogens with zero attached hydrogens (tertiary/aromatic N) is 3. The number of aliphatic imine (C=N–C) groups is 1. The van der Waals surface area contributed by atoms with E-state index in [2.05, 4.69) is 21.7 Å². The van der Waals surface area contributed by atoms with Crippen LogP contribution in [0.25, 0.3) is 17.0 Å². The van der Waals surface area contributed by atoms with E-state index >= 15 is 0 Å². The average Bonchev–Trinajstić information content (AvgIpc) is 2.92. The summed E-state index contributed by atoms with van der Waals surface area (Å²) in [5.74, 6) is -0.0534. The lowest BCUT2D eigenvalue weighted by atomic mass is 10.1. The number of amidine groups is 1. The maximum atomic E-state index is 12.1. The molecule has 1 amide bonds. The molecular formula is C15H15N3OS. The largest absolute Gasteiger partial charge is 0.350 e. The number of thioether (sulfide) groups is 1. The maximum Gasteiger partial charge on any atom is 0.278 e. The lowest BCUT2D eigenvalue weighted by molar-refractivity contribution is -0.121. The third-order valence-corrected chi connectivity index (χ3v) is 4.16. The predicted molar refractivity (Wildman–Crippen MR) is 84.6 cm³/mol. The van der Waals surface area contributed by atoms with Crippen molar-refractivity contribution in [3.05, 3.63) is 41.7 Å². The Morgan fingerprint density at radius 3 is 2.70 bits per heavy atom. The van der Waals surface area contributed by atoms with Crippen molar-refractivity contribution in [2.75, 3.05) is 13.3 Å². The fourth-order valence-electron chi connectivity index (χ4n) is 2.40. The topological polar surface area (TPSA) is 37.6 Å². The minimum atomic E-state index is -0.0534.